The molecule has 2 fully saturated rings. The minimum absolute atomic E-state index is 0. The molecular weight excluding hydrogens is 371 g/mol. The molecule has 142 valence electrons. The lowest BCUT2D eigenvalue weighted by atomic mass is 9.92. The Hall–Kier alpha value is -1.56. The zero-order valence-electron chi connectivity index (χ0n) is 14.7. The Balaban J connectivity index is 0.00000121. The maximum Gasteiger partial charge on any atom is 0.253 e. The molecule has 26 heavy (non-hydrogen) atoms. The molecule has 1 amide bonds. The van der Waals surface area contributed by atoms with Crippen molar-refractivity contribution in [2.45, 2.75) is 19.4 Å². The Morgan fingerprint density at radius 2 is 1.73 bits per heavy atom. The van der Waals surface area contributed by atoms with Gasteiger partial charge in [-0.25, -0.2) is 0 Å². The number of amides is 1. The highest BCUT2D eigenvalue weighted by molar-refractivity contribution is 5.94. The highest BCUT2D eigenvalue weighted by atomic mass is 35.5. The second-order valence-electron chi connectivity index (χ2n) is 6.95. The Bertz CT molecular complexity index is 676. The zero-order chi connectivity index (χ0) is 16.4. The van der Waals surface area contributed by atoms with Gasteiger partial charge in [0.2, 0.25) is 0 Å². The first-order chi connectivity index (χ1) is 11.8. The standard InChI is InChI=1S/C19H24N4O.2ClH/c24-19(22-10-6-17-12-20-13-18(17)7-11-22)16-4-2-15(3-5-16)14-23-9-1-8-21-23;;/h1-5,8-9,17-18,20H,6-7,10-14H2;2*1H/t17-,18+;;. The van der Waals surface area contributed by atoms with Gasteiger partial charge < -0.3 is 10.2 Å². The summed E-state index contributed by atoms with van der Waals surface area (Å²) in [5.74, 6) is 1.67. The van der Waals surface area contributed by atoms with Gasteiger partial charge in [-0.05, 0) is 61.5 Å². The second-order valence-corrected chi connectivity index (χ2v) is 6.95. The maximum atomic E-state index is 12.8. The van der Waals surface area contributed by atoms with Crippen molar-refractivity contribution < 1.29 is 4.79 Å². The van der Waals surface area contributed by atoms with Crippen LogP contribution in [0.2, 0.25) is 0 Å². The van der Waals surface area contributed by atoms with E-state index in [1.165, 1.54) is 0 Å². The summed E-state index contributed by atoms with van der Waals surface area (Å²) in [5.41, 5.74) is 1.95. The van der Waals surface area contributed by atoms with Gasteiger partial charge in [0.1, 0.15) is 0 Å². The number of hydrogen-bond donors (Lipinski definition) is 1. The number of halogens is 2. The summed E-state index contributed by atoms with van der Waals surface area (Å²) in [4.78, 5) is 14.8. The molecule has 0 unspecified atom stereocenters. The van der Waals surface area contributed by atoms with E-state index in [0.717, 1.165) is 68.5 Å². The molecule has 1 N–H and O–H groups in total. The number of nitrogens with zero attached hydrogens (tertiary/aromatic N) is 3. The van der Waals surface area contributed by atoms with Crippen molar-refractivity contribution in [3.8, 4) is 0 Å². The van der Waals surface area contributed by atoms with Crippen LogP contribution in [0.25, 0.3) is 0 Å². The zero-order valence-corrected chi connectivity index (χ0v) is 16.3. The molecular formula is C19H26Cl2N4O. The van der Waals surface area contributed by atoms with Crippen LogP contribution >= 0.6 is 24.8 Å². The van der Waals surface area contributed by atoms with E-state index in [9.17, 15) is 4.79 Å². The van der Waals surface area contributed by atoms with E-state index in [1.54, 1.807) is 6.20 Å². The molecule has 0 bridgehead atoms. The van der Waals surface area contributed by atoms with Crippen LogP contribution in [0.3, 0.4) is 0 Å². The first-order valence-electron chi connectivity index (χ1n) is 8.86. The third-order valence-corrected chi connectivity index (χ3v) is 5.41. The van der Waals surface area contributed by atoms with E-state index >= 15 is 0 Å². The molecule has 2 atom stereocenters. The fourth-order valence-electron chi connectivity index (χ4n) is 3.94. The molecule has 2 aromatic rings. The predicted octanol–water partition coefficient (Wildman–Crippen LogP) is 2.85. The smallest absolute Gasteiger partial charge is 0.253 e. The van der Waals surface area contributed by atoms with E-state index in [1.807, 2.05) is 46.1 Å². The number of nitrogens with one attached hydrogen (secondary N) is 1. The number of aromatic nitrogens is 2. The normalized spacial score (nSPS) is 21.9. The van der Waals surface area contributed by atoms with E-state index in [0.29, 0.717) is 0 Å². The van der Waals surface area contributed by atoms with Crippen LogP contribution in [0.4, 0.5) is 0 Å². The largest absolute Gasteiger partial charge is 0.339 e. The van der Waals surface area contributed by atoms with Crippen molar-refractivity contribution in [3.05, 3.63) is 53.9 Å². The predicted molar refractivity (Wildman–Crippen MR) is 107 cm³/mol. The molecule has 0 radical (unpaired) electrons. The van der Waals surface area contributed by atoms with Crippen molar-refractivity contribution >= 4 is 30.7 Å². The van der Waals surface area contributed by atoms with Crippen LogP contribution in [0, 0.1) is 11.8 Å². The summed E-state index contributed by atoms with van der Waals surface area (Å²) in [7, 11) is 0. The maximum absolute atomic E-state index is 12.8. The van der Waals surface area contributed by atoms with Crippen LogP contribution in [0.15, 0.2) is 42.7 Å². The average molecular weight is 397 g/mol. The van der Waals surface area contributed by atoms with Gasteiger partial charge in [0.05, 0.1) is 6.54 Å². The van der Waals surface area contributed by atoms with Gasteiger partial charge in [-0.15, -0.1) is 24.8 Å². The Morgan fingerprint density at radius 1 is 1.08 bits per heavy atom. The summed E-state index contributed by atoms with van der Waals surface area (Å²) >= 11 is 0. The van der Waals surface area contributed by atoms with Crippen molar-refractivity contribution in [3.63, 3.8) is 0 Å². The van der Waals surface area contributed by atoms with E-state index < -0.39 is 0 Å². The van der Waals surface area contributed by atoms with Crippen LogP contribution < -0.4 is 5.32 Å². The molecule has 1 aromatic carbocycles. The first-order valence-corrected chi connectivity index (χ1v) is 8.86. The van der Waals surface area contributed by atoms with Crippen LogP contribution in [-0.2, 0) is 6.54 Å². The number of fused-ring (bicyclic) bond motifs is 1. The number of rotatable bonds is 3. The molecule has 1 aromatic heterocycles. The fraction of sp³-hybridized carbons (Fsp3) is 0.474. The molecule has 4 rings (SSSR count). The van der Waals surface area contributed by atoms with Crippen molar-refractivity contribution in [1.29, 1.82) is 0 Å². The Labute approximate surface area is 167 Å². The highest BCUT2D eigenvalue weighted by Crippen LogP contribution is 2.27. The summed E-state index contributed by atoms with van der Waals surface area (Å²) in [6.45, 7) is 4.75. The fourth-order valence-corrected chi connectivity index (χ4v) is 3.94. The molecule has 2 aliphatic rings. The van der Waals surface area contributed by atoms with Crippen molar-refractivity contribution in [2.24, 2.45) is 11.8 Å². The quantitative estimate of drug-likeness (QED) is 0.867. The molecule has 5 nitrogen and oxygen atoms in total. The van der Waals surface area contributed by atoms with Crippen molar-refractivity contribution in [2.75, 3.05) is 26.2 Å². The van der Waals surface area contributed by atoms with Crippen LogP contribution in [0.1, 0.15) is 28.8 Å². The summed E-state index contributed by atoms with van der Waals surface area (Å²) in [5, 5.41) is 7.70. The third-order valence-electron chi connectivity index (χ3n) is 5.41. The lowest BCUT2D eigenvalue weighted by molar-refractivity contribution is 0.0758. The topological polar surface area (TPSA) is 50.2 Å². The van der Waals surface area contributed by atoms with Gasteiger partial charge in [-0.1, -0.05) is 12.1 Å². The van der Waals surface area contributed by atoms with Gasteiger partial charge in [0, 0.05) is 31.0 Å². The third kappa shape index (κ3) is 4.58. The van der Waals surface area contributed by atoms with Gasteiger partial charge >= 0.3 is 0 Å². The highest BCUT2D eigenvalue weighted by Gasteiger charge is 2.31. The van der Waals surface area contributed by atoms with E-state index in [-0.39, 0.29) is 30.7 Å². The van der Waals surface area contributed by atoms with Crippen molar-refractivity contribution in [1.82, 2.24) is 20.0 Å². The van der Waals surface area contributed by atoms with Crippen LogP contribution in [-0.4, -0.2) is 46.8 Å². The molecule has 2 aliphatic heterocycles. The Morgan fingerprint density at radius 3 is 2.31 bits per heavy atom. The Kier molecular flexibility index (Phi) is 7.50. The number of likely N-dealkylation sites (tertiary alicyclic amines) is 1. The summed E-state index contributed by atoms with van der Waals surface area (Å²) in [6, 6.07) is 9.89. The monoisotopic (exact) mass is 396 g/mol. The van der Waals surface area contributed by atoms with Gasteiger partial charge in [-0.3, -0.25) is 9.48 Å². The SMILES string of the molecule is Cl.Cl.O=C(c1ccc(Cn2cccn2)cc1)N1CC[C@@H]2CNC[C@@H]2CC1. The molecule has 0 aliphatic carbocycles. The molecule has 3 heterocycles. The molecule has 2 saturated heterocycles. The lowest BCUT2D eigenvalue weighted by Crippen LogP contribution is -2.32. The summed E-state index contributed by atoms with van der Waals surface area (Å²) in [6.07, 6.45) is 5.98. The lowest BCUT2D eigenvalue weighted by Gasteiger charge is -2.21. The van der Waals surface area contributed by atoms with E-state index in [2.05, 4.69) is 10.4 Å². The summed E-state index contributed by atoms with van der Waals surface area (Å²) < 4.78 is 1.89. The molecule has 7 heteroatoms. The number of carbonyl (C=O) groups is 1. The van der Waals surface area contributed by atoms with Gasteiger partial charge in [-0.2, -0.15) is 5.10 Å². The second kappa shape index (κ2) is 9.40. The average Bonchev–Trinajstić information content (AvgIpc) is 3.24. The first kappa shape index (κ1) is 20.7. The van der Waals surface area contributed by atoms with Gasteiger partial charge in [0.25, 0.3) is 5.91 Å². The van der Waals surface area contributed by atoms with Crippen LogP contribution in [0.5, 0.6) is 0 Å². The minimum atomic E-state index is 0. The number of carbonyl (C=O) groups excluding carboxylic acids is 1. The number of hydrogen-bond acceptors (Lipinski definition) is 3. The van der Waals surface area contributed by atoms with E-state index in [4.69, 9.17) is 0 Å². The number of benzene rings is 1. The molecule has 0 saturated carbocycles. The molecule has 0 spiro atoms. The minimum Gasteiger partial charge on any atom is -0.339 e. The van der Waals surface area contributed by atoms with Gasteiger partial charge in [0.15, 0.2) is 0 Å².